The maximum atomic E-state index is 13.3. The van der Waals surface area contributed by atoms with Crippen LogP contribution in [0.3, 0.4) is 0 Å². The van der Waals surface area contributed by atoms with Crippen molar-refractivity contribution < 1.29 is 13.2 Å². The third kappa shape index (κ3) is 4.01. The van der Waals surface area contributed by atoms with Gasteiger partial charge in [0, 0.05) is 29.7 Å². The van der Waals surface area contributed by atoms with Crippen LogP contribution in [0.5, 0.6) is 0 Å². The number of likely N-dealkylation sites (tertiary alicyclic amines) is 1. The van der Waals surface area contributed by atoms with E-state index in [2.05, 4.69) is 6.92 Å². The van der Waals surface area contributed by atoms with Gasteiger partial charge in [0.1, 0.15) is 6.54 Å². The summed E-state index contributed by atoms with van der Waals surface area (Å²) in [6.45, 7) is 4.94. The number of carbonyl (C=O) groups excluding carboxylic acids is 1. The van der Waals surface area contributed by atoms with Gasteiger partial charge >= 0.3 is 0 Å². The SMILES string of the molecule is Cc1ccccc1CS(=O)(=O)c1cn(CC(=O)N2CCCCC2C)c2ccccc12. The molecule has 5 nitrogen and oxygen atoms in total. The highest BCUT2D eigenvalue weighted by molar-refractivity contribution is 7.90. The van der Waals surface area contributed by atoms with Crippen LogP contribution in [0.2, 0.25) is 0 Å². The highest BCUT2D eigenvalue weighted by Crippen LogP contribution is 2.29. The second-order valence-corrected chi connectivity index (χ2v) is 10.2. The van der Waals surface area contributed by atoms with E-state index in [-0.39, 0.29) is 24.2 Å². The maximum absolute atomic E-state index is 13.3. The standard InChI is InChI=1S/C24H28N2O3S/c1-18-9-3-4-11-20(18)17-30(28,29)23-15-25(22-13-6-5-12-21(22)23)16-24(27)26-14-8-7-10-19(26)2/h3-6,9,11-13,15,19H,7-8,10,14,16-17H2,1-2H3. The molecule has 1 aromatic heterocycles. The number of benzene rings is 2. The predicted molar refractivity (Wildman–Crippen MR) is 119 cm³/mol. The molecule has 30 heavy (non-hydrogen) atoms. The van der Waals surface area contributed by atoms with Crippen molar-refractivity contribution >= 4 is 26.6 Å². The number of hydrogen-bond donors (Lipinski definition) is 0. The number of aryl methyl sites for hydroxylation is 1. The summed E-state index contributed by atoms with van der Waals surface area (Å²) in [4.78, 5) is 15.2. The van der Waals surface area contributed by atoms with Crippen molar-refractivity contribution in [3.63, 3.8) is 0 Å². The fourth-order valence-corrected chi connectivity index (χ4v) is 6.04. The molecule has 158 valence electrons. The molecule has 1 saturated heterocycles. The summed E-state index contributed by atoms with van der Waals surface area (Å²) in [5, 5.41) is 0.672. The van der Waals surface area contributed by atoms with Crippen LogP contribution in [0, 0.1) is 6.92 Å². The number of aromatic nitrogens is 1. The number of carbonyl (C=O) groups is 1. The lowest BCUT2D eigenvalue weighted by molar-refractivity contribution is -0.135. The van der Waals surface area contributed by atoms with Crippen molar-refractivity contribution in [3.8, 4) is 0 Å². The van der Waals surface area contributed by atoms with Crippen LogP contribution in [0.4, 0.5) is 0 Å². The van der Waals surface area contributed by atoms with Gasteiger partial charge in [-0.25, -0.2) is 8.42 Å². The molecule has 1 amide bonds. The van der Waals surface area contributed by atoms with Crippen LogP contribution in [0.25, 0.3) is 10.9 Å². The minimum atomic E-state index is -3.56. The van der Waals surface area contributed by atoms with Gasteiger partial charge in [0.05, 0.1) is 10.6 Å². The normalized spacial score (nSPS) is 17.4. The van der Waals surface area contributed by atoms with Crippen LogP contribution in [0.15, 0.2) is 59.6 Å². The Bertz CT molecular complexity index is 1180. The van der Waals surface area contributed by atoms with Gasteiger partial charge in [-0.15, -0.1) is 0 Å². The number of hydrogen-bond acceptors (Lipinski definition) is 3. The average Bonchev–Trinajstić information content (AvgIpc) is 3.09. The van der Waals surface area contributed by atoms with E-state index >= 15 is 0 Å². The first-order valence-electron chi connectivity index (χ1n) is 10.5. The molecule has 0 saturated carbocycles. The quantitative estimate of drug-likeness (QED) is 0.613. The lowest BCUT2D eigenvalue weighted by atomic mass is 10.0. The van der Waals surface area contributed by atoms with Gasteiger partial charge < -0.3 is 9.47 Å². The summed E-state index contributed by atoms with van der Waals surface area (Å²) in [6.07, 6.45) is 4.84. The first kappa shape index (κ1) is 20.7. The smallest absolute Gasteiger partial charge is 0.242 e. The molecule has 2 aromatic carbocycles. The highest BCUT2D eigenvalue weighted by Gasteiger charge is 2.26. The van der Waals surface area contributed by atoms with Crippen LogP contribution in [0.1, 0.15) is 37.3 Å². The van der Waals surface area contributed by atoms with E-state index in [0.29, 0.717) is 10.3 Å². The number of piperidine rings is 1. The van der Waals surface area contributed by atoms with Crippen molar-refractivity contribution in [2.45, 2.75) is 56.3 Å². The molecule has 1 aliphatic heterocycles. The van der Waals surface area contributed by atoms with Gasteiger partial charge in [-0.05, 0) is 50.3 Å². The fraction of sp³-hybridized carbons (Fsp3) is 0.375. The van der Waals surface area contributed by atoms with E-state index in [4.69, 9.17) is 0 Å². The summed E-state index contributed by atoms with van der Waals surface area (Å²) in [5.74, 6) is -0.00377. The lowest BCUT2D eigenvalue weighted by Gasteiger charge is -2.33. The third-order valence-corrected chi connectivity index (χ3v) is 7.81. The minimum absolute atomic E-state index is 0.0470. The van der Waals surface area contributed by atoms with Crippen molar-refractivity contribution in [3.05, 3.63) is 65.9 Å². The summed E-state index contributed by atoms with van der Waals surface area (Å²) in [7, 11) is -3.56. The lowest BCUT2D eigenvalue weighted by Crippen LogP contribution is -2.43. The Hall–Kier alpha value is -2.60. The van der Waals surface area contributed by atoms with E-state index in [1.165, 1.54) is 0 Å². The number of fused-ring (bicyclic) bond motifs is 1. The van der Waals surface area contributed by atoms with E-state index in [9.17, 15) is 13.2 Å². The Morgan fingerprint density at radius 1 is 1.07 bits per heavy atom. The molecule has 0 bridgehead atoms. The van der Waals surface area contributed by atoms with Crippen LogP contribution in [-0.4, -0.2) is 36.4 Å². The summed E-state index contributed by atoms with van der Waals surface area (Å²) in [5.41, 5.74) is 2.53. The number of nitrogens with zero attached hydrogens (tertiary/aromatic N) is 2. The zero-order valence-electron chi connectivity index (χ0n) is 17.5. The predicted octanol–water partition coefficient (Wildman–Crippen LogP) is 4.32. The van der Waals surface area contributed by atoms with E-state index in [1.807, 2.05) is 60.4 Å². The van der Waals surface area contributed by atoms with Crippen molar-refractivity contribution in [2.24, 2.45) is 0 Å². The first-order valence-corrected chi connectivity index (χ1v) is 12.2. The second-order valence-electron chi connectivity index (χ2n) is 8.26. The molecule has 0 spiro atoms. The summed E-state index contributed by atoms with van der Waals surface area (Å²) >= 11 is 0. The molecule has 0 radical (unpaired) electrons. The molecule has 0 aliphatic carbocycles. The minimum Gasteiger partial charge on any atom is -0.338 e. The number of rotatable bonds is 5. The number of amides is 1. The molecule has 1 atom stereocenters. The molecular formula is C24H28N2O3S. The molecule has 4 rings (SSSR count). The highest BCUT2D eigenvalue weighted by atomic mass is 32.2. The Labute approximate surface area is 178 Å². The first-order chi connectivity index (χ1) is 14.4. The molecule has 3 aromatic rings. The van der Waals surface area contributed by atoms with Gasteiger partial charge in [0.25, 0.3) is 0 Å². The van der Waals surface area contributed by atoms with Gasteiger partial charge in [-0.3, -0.25) is 4.79 Å². The largest absolute Gasteiger partial charge is 0.338 e. The fourth-order valence-electron chi connectivity index (χ4n) is 4.35. The van der Waals surface area contributed by atoms with Crippen LogP contribution in [-0.2, 0) is 26.9 Å². The molecule has 0 N–H and O–H groups in total. The molecule has 1 fully saturated rings. The molecular weight excluding hydrogens is 396 g/mol. The Morgan fingerprint density at radius 3 is 2.57 bits per heavy atom. The topological polar surface area (TPSA) is 59.4 Å². The van der Waals surface area contributed by atoms with E-state index in [0.717, 1.165) is 42.5 Å². The van der Waals surface area contributed by atoms with E-state index < -0.39 is 9.84 Å². The van der Waals surface area contributed by atoms with Crippen molar-refractivity contribution in [2.75, 3.05) is 6.54 Å². The summed E-state index contributed by atoms with van der Waals surface area (Å²) in [6, 6.07) is 15.2. The molecule has 2 heterocycles. The number of sulfone groups is 1. The van der Waals surface area contributed by atoms with Gasteiger partial charge in [0.2, 0.25) is 5.91 Å². The summed E-state index contributed by atoms with van der Waals surface area (Å²) < 4.78 is 28.4. The zero-order chi connectivity index (χ0) is 21.3. The Kier molecular flexibility index (Phi) is 5.69. The number of para-hydroxylation sites is 1. The van der Waals surface area contributed by atoms with Crippen molar-refractivity contribution in [1.29, 1.82) is 0 Å². The molecule has 1 aliphatic rings. The van der Waals surface area contributed by atoms with E-state index in [1.54, 1.807) is 10.8 Å². The van der Waals surface area contributed by atoms with Gasteiger partial charge in [-0.1, -0.05) is 42.5 Å². The van der Waals surface area contributed by atoms with Crippen LogP contribution >= 0.6 is 0 Å². The van der Waals surface area contributed by atoms with Crippen molar-refractivity contribution in [1.82, 2.24) is 9.47 Å². The van der Waals surface area contributed by atoms with Gasteiger partial charge in [-0.2, -0.15) is 0 Å². The maximum Gasteiger partial charge on any atom is 0.242 e. The monoisotopic (exact) mass is 424 g/mol. The Morgan fingerprint density at radius 2 is 1.80 bits per heavy atom. The zero-order valence-corrected chi connectivity index (χ0v) is 18.4. The second kappa shape index (κ2) is 8.26. The average molecular weight is 425 g/mol. The van der Waals surface area contributed by atoms with Gasteiger partial charge in [0.15, 0.2) is 9.84 Å². The Balaban J connectivity index is 1.68. The molecule has 6 heteroatoms. The molecule has 1 unspecified atom stereocenters. The van der Waals surface area contributed by atoms with Crippen LogP contribution < -0.4 is 0 Å². The third-order valence-electron chi connectivity index (χ3n) is 6.12.